The molecule has 5 heteroatoms. The van der Waals surface area contributed by atoms with Gasteiger partial charge in [-0.25, -0.2) is 4.79 Å². The Labute approximate surface area is 103 Å². The third-order valence-electron chi connectivity index (χ3n) is 2.90. The molecule has 100 valence electrons. The summed E-state index contributed by atoms with van der Waals surface area (Å²) in [6.07, 6.45) is -0.729. The zero-order valence-electron chi connectivity index (χ0n) is 11.3. The van der Waals surface area contributed by atoms with Gasteiger partial charge in [0.2, 0.25) is 0 Å². The van der Waals surface area contributed by atoms with E-state index in [0.717, 1.165) is 0 Å². The summed E-state index contributed by atoms with van der Waals surface area (Å²) in [6.45, 7) is 10.1. The molecule has 1 N–H and O–H groups in total. The maximum Gasteiger partial charge on any atom is 0.410 e. The first-order chi connectivity index (χ1) is 7.68. The van der Waals surface area contributed by atoms with Crippen molar-refractivity contribution in [2.45, 2.75) is 51.9 Å². The van der Waals surface area contributed by atoms with Gasteiger partial charge in [-0.15, -0.1) is 0 Å². The van der Waals surface area contributed by atoms with Crippen molar-refractivity contribution in [3.05, 3.63) is 0 Å². The molecule has 0 aromatic carbocycles. The number of carbonyl (C=O) groups is 1. The van der Waals surface area contributed by atoms with Crippen LogP contribution in [0.15, 0.2) is 0 Å². The molecule has 1 aliphatic heterocycles. The zero-order chi connectivity index (χ0) is 13.3. The second-order valence-corrected chi connectivity index (χ2v) is 5.83. The Morgan fingerprint density at radius 1 is 1.53 bits per heavy atom. The number of aliphatic hydroxyl groups excluding tert-OH is 1. The lowest BCUT2D eigenvalue weighted by atomic mass is 9.94. The summed E-state index contributed by atoms with van der Waals surface area (Å²) in [6, 6.07) is 0. The molecular weight excluding hydrogens is 222 g/mol. The molecule has 1 heterocycles. The van der Waals surface area contributed by atoms with E-state index in [0.29, 0.717) is 13.2 Å². The van der Waals surface area contributed by atoms with Gasteiger partial charge in [-0.1, -0.05) is 0 Å². The molecule has 1 rings (SSSR count). The molecule has 0 bridgehead atoms. The Morgan fingerprint density at radius 3 is 2.59 bits per heavy atom. The van der Waals surface area contributed by atoms with Crippen LogP contribution in [0.2, 0.25) is 0 Å². The lowest BCUT2D eigenvalue weighted by Gasteiger charge is -2.46. The molecule has 17 heavy (non-hydrogen) atoms. The van der Waals surface area contributed by atoms with Crippen LogP contribution >= 0.6 is 0 Å². The van der Waals surface area contributed by atoms with E-state index in [1.165, 1.54) is 0 Å². The minimum absolute atomic E-state index is 0.105. The summed E-state index contributed by atoms with van der Waals surface area (Å²) in [5, 5.41) is 9.25. The smallest absolute Gasteiger partial charge is 0.410 e. The molecular formula is C12H23NO4. The van der Waals surface area contributed by atoms with Gasteiger partial charge in [-0.05, 0) is 34.6 Å². The number of aliphatic hydroxyl groups is 1. The highest BCUT2D eigenvalue weighted by molar-refractivity contribution is 5.69. The standard InChI is InChI=1S/C12H23NO4/c1-11(2,3)17-10(15)13-6-7-16-9(8-14)12(13,4)5/h9,14H,6-8H2,1-5H3/t9-/m0/s1. The number of nitrogens with zero attached hydrogens (tertiary/aromatic N) is 1. The normalized spacial score (nSPS) is 24.6. The first-order valence-corrected chi connectivity index (χ1v) is 5.91. The number of hydrogen-bond acceptors (Lipinski definition) is 4. The predicted octanol–water partition coefficient (Wildman–Crippen LogP) is 1.39. The van der Waals surface area contributed by atoms with E-state index in [4.69, 9.17) is 9.47 Å². The Kier molecular flexibility index (Phi) is 4.04. The fourth-order valence-corrected chi connectivity index (χ4v) is 1.87. The molecule has 0 aliphatic carbocycles. The van der Waals surface area contributed by atoms with Gasteiger partial charge in [0.1, 0.15) is 11.7 Å². The van der Waals surface area contributed by atoms with Gasteiger partial charge in [0.25, 0.3) is 0 Å². The van der Waals surface area contributed by atoms with E-state index in [1.54, 1.807) is 4.90 Å². The van der Waals surface area contributed by atoms with Crippen molar-refractivity contribution in [1.29, 1.82) is 0 Å². The number of carbonyl (C=O) groups excluding carboxylic acids is 1. The van der Waals surface area contributed by atoms with Crippen LogP contribution in [-0.4, -0.2) is 53.1 Å². The average molecular weight is 245 g/mol. The highest BCUT2D eigenvalue weighted by Gasteiger charge is 2.43. The van der Waals surface area contributed by atoms with Gasteiger partial charge >= 0.3 is 6.09 Å². The maximum absolute atomic E-state index is 12.1. The van der Waals surface area contributed by atoms with Gasteiger partial charge < -0.3 is 14.6 Å². The van der Waals surface area contributed by atoms with Gasteiger partial charge in [-0.2, -0.15) is 0 Å². The van der Waals surface area contributed by atoms with E-state index in [-0.39, 0.29) is 18.8 Å². The Balaban J connectivity index is 2.78. The van der Waals surface area contributed by atoms with Crippen LogP contribution in [0.25, 0.3) is 0 Å². The van der Waals surface area contributed by atoms with E-state index in [9.17, 15) is 9.90 Å². The van der Waals surface area contributed by atoms with Gasteiger partial charge in [0, 0.05) is 6.54 Å². The van der Waals surface area contributed by atoms with E-state index in [2.05, 4.69) is 0 Å². The monoisotopic (exact) mass is 245 g/mol. The number of amides is 1. The number of rotatable bonds is 1. The Morgan fingerprint density at radius 2 is 2.12 bits per heavy atom. The molecule has 1 fully saturated rings. The van der Waals surface area contributed by atoms with Crippen molar-refractivity contribution in [2.24, 2.45) is 0 Å². The van der Waals surface area contributed by atoms with Crippen LogP contribution in [0.5, 0.6) is 0 Å². The summed E-state index contributed by atoms with van der Waals surface area (Å²) >= 11 is 0. The van der Waals surface area contributed by atoms with Crippen molar-refractivity contribution >= 4 is 6.09 Å². The Hall–Kier alpha value is -0.810. The lowest BCUT2D eigenvalue weighted by Crippen LogP contribution is -2.62. The summed E-state index contributed by atoms with van der Waals surface area (Å²) in [7, 11) is 0. The largest absolute Gasteiger partial charge is 0.444 e. The highest BCUT2D eigenvalue weighted by atomic mass is 16.6. The first-order valence-electron chi connectivity index (χ1n) is 5.91. The van der Waals surface area contributed by atoms with Crippen LogP contribution < -0.4 is 0 Å². The van der Waals surface area contributed by atoms with Crippen molar-refractivity contribution in [3.63, 3.8) is 0 Å². The van der Waals surface area contributed by atoms with Crippen LogP contribution in [-0.2, 0) is 9.47 Å². The van der Waals surface area contributed by atoms with Gasteiger partial charge in [0.05, 0.1) is 18.8 Å². The van der Waals surface area contributed by atoms with Crippen LogP contribution in [0.1, 0.15) is 34.6 Å². The van der Waals surface area contributed by atoms with Gasteiger partial charge in [-0.3, -0.25) is 4.90 Å². The highest BCUT2D eigenvalue weighted by Crippen LogP contribution is 2.27. The van der Waals surface area contributed by atoms with Crippen LogP contribution in [0.3, 0.4) is 0 Å². The second kappa shape index (κ2) is 4.82. The molecule has 5 nitrogen and oxygen atoms in total. The van der Waals surface area contributed by atoms with Crippen molar-refractivity contribution in [1.82, 2.24) is 4.90 Å². The van der Waals surface area contributed by atoms with Crippen molar-refractivity contribution in [3.8, 4) is 0 Å². The molecule has 0 unspecified atom stereocenters. The van der Waals surface area contributed by atoms with E-state index < -0.39 is 11.1 Å². The second-order valence-electron chi connectivity index (χ2n) is 5.83. The summed E-state index contributed by atoms with van der Waals surface area (Å²) in [5.74, 6) is 0. The molecule has 0 aromatic heterocycles. The fourth-order valence-electron chi connectivity index (χ4n) is 1.87. The molecule has 0 aromatic rings. The molecule has 0 spiro atoms. The maximum atomic E-state index is 12.1. The fraction of sp³-hybridized carbons (Fsp3) is 0.917. The predicted molar refractivity (Wildman–Crippen MR) is 63.8 cm³/mol. The van der Waals surface area contributed by atoms with E-state index in [1.807, 2.05) is 34.6 Å². The zero-order valence-corrected chi connectivity index (χ0v) is 11.3. The van der Waals surface area contributed by atoms with E-state index >= 15 is 0 Å². The number of morpholine rings is 1. The van der Waals surface area contributed by atoms with Crippen LogP contribution in [0.4, 0.5) is 4.79 Å². The molecule has 0 radical (unpaired) electrons. The van der Waals surface area contributed by atoms with Crippen molar-refractivity contribution < 1.29 is 19.4 Å². The summed E-state index contributed by atoms with van der Waals surface area (Å²) in [4.78, 5) is 13.7. The molecule has 1 amide bonds. The molecule has 0 saturated carbocycles. The first kappa shape index (κ1) is 14.3. The third kappa shape index (κ3) is 3.33. The minimum Gasteiger partial charge on any atom is -0.444 e. The lowest BCUT2D eigenvalue weighted by molar-refractivity contribution is -0.125. The van der Waals surface area contributed by atoms with Crippen molar-refractivity contribution in [2.75, 3.05) is 19.8 Å². The minimum atomic E-state index is -0.560. The van der Waals surface area contributed by atoms with Gasteiger partial charge in [0.15, 0.2) is 0 Å². The SMILES string of the molecule is CC(C)(C)OC(=O)N1CCO[C@@H](CO)C1(C)C. The molecule has 1 atom stereocenters. The van der Waals surface area contributed by atoms with Crippen LogP contribution in [0, 0.1) is 0 Å². The quantitative estimate of drug-likeness (QED) is 0.758. The summed E-state index contributed by atoms with van der Waals surface area (Å²) in [5.41, 5.74) is -1.07. The third-order valence-corrected chi connectivity index (χ3v) is 2.90. The Bertz CT molecular complexity index is 283. The summed E-state index contributed by atoms with van der Waals surface area (Å²) < 4.78 is 10.8. The molecule has 1 aliphatic rings. The number of ether oxygens (including phenoxy) is 2. The number of hydrogen-bond donors (Lipinski definition) is 1. The molecule has 1 saturated heterocycles. The average Bonchev–Trinajstić information content (AvgIpc) is 2.13. The topological polar surface area (TPSA) is 59.0 Å².